The summed E-state index contributed by atoms with van der Waals surface area (Å²) in [5.74, 6) is -1.41. The summed E-state index contributed by atoms with van der Waals surface area (Å²) in [4.78, 5) is 3.98. The van der Waals surface area contributed by atoms with Crippen LogP contribution >= 0.6 is 11.3 Å². The van der Waals surface area contributed by atoms with Gasteiger partial charge in [0, 0.05) is 17.0 Å². The molecule has 0 amide bonds. The van der Waals surface area contributed by atoms with Gasteiger partial charge in [-0.05, 0) is 6.07 Å². The van der Waals surface area contributed by atoms with Crippen LogP contribution in [-0.2, 0) is 6.61 Å². The first kappa shape index (κ1) is 11.9. The number of methoxy groups -OCH3 is 1. The Labute approximate surface area is 100 Å². The molecule has 1 aromatic carbocycles. The average molecular weight is 257 g/mol. The number of aromatic nitrogens is 1. The van der Waals surface area contributed by atoms with Gasteiger partial charge in [0.05, 0.1) is 19.4 Å². The number of nitrogens with zero attached hydrogens (tertiary/aromatic N) is 1. The van der Waals surface area contributed by atoms with Gasteiger partial charge >= 0.3 is 0 Å². The van der Waals surface area contributed by atoms with E-state index in [0.717, 1.165) is 23.5 Å². The third-order valence-corrected chi connectivity index (χ3v) is 3.11. The Morgan fingerprint density at radius 3 is 2.71 bits per heavy atom. The standard InChI is InChI=1S/C11H9F2NO2S/c1-16-10-3-8(12)7(2-9(10)13)11-14-6(4-15)5-17-11/h2-3,5,15H,4H2,1H3. The number of hydrogen-bond donors (Lipinski definition) is 1. The lowest BCUT2D eigenvalue weighted by molar-refractivity contribution is 0.278. The monoisotopic (exact) mass is 257 g/mol. The summed E-state index contributed by atoms with van der Waals surface area (Å²) in [7, 11) is 1.27. The highest BCUT2D eigenvalue weighted by molar-refractivity contribution is 7.13. The number of rotatable bonds is 3. The van der Waals surface area contributed by atoms with Crippen molar-refractivity contribution in [2.75, 3.05) is 7.11 Å². The topological polar surface area (TPSA) is 42.4 Å². The maximum atomic E-state index is 13.7. The van der Waals surface area contributed by atoms with Crippen molar-refractivity contribution in [2.45, 2.75) is 6.61 Å². The van der Waals surface area contributed by atoms with Crippen molar-refractivity contribution in [1.82, 2.24) is 4.98 Å². The predicted molar refractivity (Wildman–Crippen MR) is 59.9 cm³/mol. The molecule has 90 valence electrons. The Morgan fingerprint density at radius 1 is 1.35 bits per heavy atom. The lowest BCUT2D eigenvalue weighted by Crippen LogP contribution is -1.93. The van der Waals surface area contributed by atoms with Crippen molar-refractivity contribution in [3.63, 3.8) is 0 Å². The zero-order chi connectivity index (χ0) is 12.4. The molecule has 0 atom stereocenters. The SMILES string of the molecule is COc1cc(F)c(-c2nc(CO)cs2)cc1F. The Hall–Kier alpha value is -1.53. The maximum absolute atomic E-state index is 13.7. The number of thiazole rings is 1. The van der Waals surface area contributed by atoms with E-state index >= 15 is 0 Å². The van der Waals surface area contributed by atoms with E-state index < -0.39 is 11.6 Å². The van der Waals surface area contributed by atoms with Crippen LogP contribution in [0.15, 0.2) is 17.5 Å². The number of aliphatic hydroxyl groups is 1. The minimum absolute atomic E-state index is 0.0630. The van der Waals surface area contributed by atoms with Crippen LogP contribution in [0.25, 0.3) is 10.6 Å². The van der Waals surface area contributed by atoms with Crippen LogP contribution in [0.4, 0.5) is 8.78 Å². The maximum Gasteiger partial charge on any atom is 0.165 e. The predicted octanol–water partition coefficient (Wildman–Crippen LogP) is 2.59. The summed E-state index contributed by atoms with van der Waals surface area (Å²) in [5.41, 5.74) is 0.494. The van der Waals surface area contributed by atoms with Crippen LogP contribution in [0, 0.1) is 11.6 Å². The fraction of sp³-hybridized carbons (Fsp3) is 0.182. The molecule has 1 heterocycles. The van der Waals surface area contributed by atoms with E-state index in [2.05, 4.69) is 9.72 Å². The van der Waals surface area contributed by atoms with Crippen LogP contribution in [0.1, 0.15) is 5.69 Å². The van der Waals surface area contributed by atoms with Gasteiger partial charge in [-0.1, -0.05) is 0 Å². The van der Waals surface area contributed by atoms with E-state index in [1.54, 1.807) is 5.38 Å². The van der Waals surface area contributed by atoms with Crippen molar-refractivity contribution in [2.24, 2.45) is 0 Å². The molecule has 0 saturated heterocycles. The molecular weight excluding hydrogens is 248 g/mol. The van der Waals surface area contributed by atoms with E-state index in [1.807, 2.05) is 0 Å². The molecule has 2 rings (SSSR count). The largest absolute Gasteiger partial charge is 0.494 e. The van der Waals surface area contributed by atoms with Crippen LogP contribution in [0.3, 0.4) is 0 Å². The van der Waals surface area contributed by atoms with E-state index in [0.29, 0.717) is 10.7 Å². The number of halogens is 2. The van der Waals surface area contributed by atoms with Gasteiger partial charge in [0.2, 0.25) is 0 Å². The summed E-state index contributed by atoms with van der Waals surface area (Å²) in [6.45, 7) is -0.225. The number of ether oxygens (including phenoxy) is 1. The van der Waals surface area contributed by atoms with E-state index in [4.69, 9.17) is 5.11 Å². The molecule has 0 aliphatic rings. The lowest BCUT2D eigenvalue weighted by atomic mass is 10.2. The van der Waals surface area contributed by atoms with Gasteiger partial charge in [-0.25, -0.2) is 13.8 Å². The molecule has 1 aromatic heterocycles. The van der Waals surface area contributed by atoms with Crippen molar-refractivity contribution in [3.8, 4) is 16.3 Å². The number of aliphatic hydroxyl groups excluding tert-OH is 1. The molecule has 0 radical (unpaired) electrons. The van der Waals surface area contributed by atoms with Gasteiger partial charge < -0.3 is 9.84 Å². The fourth-order valence-electron chi connectivity index (χ4n) is 1.35. The van der Waals surface area contributed by atoms with Gasteiger partial charge in [-0.3, -0.25) is 0 Å². The minimum atomic E-state index is -0.648. The zero-order valence-electron chi connectivity index (χ0n) is 8.91. The highest BCUT2D eigenvalue weighted by Gasteiger charge is 2.14. The molecule has 0 spiro atoms. The smallest absolute Gasteiger partial charge is 0.165 e. The Kier molecular flexibility index (Phi) is 3.35. The normalized spacial score (nSPS) is 10.6. The second-order valence-corrected chi connectivity index (χ2v) is 4.13. The van der Waals surface area contributed by atoms with Crippen molar-refractivity contribution in [1.29, 1.82) is 0 Å². The number of hydrogen-bond acceptors (Lipinski definition) is 4. The molecule has 0 bridgehead atoms. The average Bonchev–Trinajstić information content (AvgIpc) is 2.80. The molecule has 17 heavy (non-hydrogen) atoms. The van der Waals surface area contributed by atoms with E-state index in [9.17, 15) is 8.78 Å². The van der Waals surface area contributed by atoms with E-state index in [1.165, 1.54) is 7.11 Å². The van der Waals surface area contributed by atoms with Gasteiger partial charge in [0.25, 0.3) is 0 Å². The quantitative estimate of drug-likeness (QED) is 0.919. The summed E-state index contributed by atoms with van der Waals surface area (Å²) >= 11 is 1.14. The minimum Gasteiger partial charge on any atom is -0.494 e. The second kappa shape index (κ2) is 4.77. The van der Waals surface area contributed by atoms with Crippen LogP contribution in [0.2, 0.25) is 0 Å². The first-order valence-electron chi connectivity index (χ1n) is 4.74. The zero-order valence-corrected chi connectivity index (χ0v) is 9.72. The van der Waals surface area contributed by atoms with Gasteiger partial charge in [-0.15, -0.1) is 11.3 Å². The molecule has 0 aliphatic heterocycles. The van der Waals surface area contributed by atoms with Gasteiger partial charge in [0.15, 0.2) is 11.6 Å². The molecule has 0 unspecified atom stereocenters. The summed E-state index contributed by atoms with van der Waals surface area (Å²) < 4.78 is 31.8. The molecule has 0 saturated carbocycles. The fourth-order valence-corrected chi connectivity index (χ4v) is 2.18. The molecule has 2 aromatic rings. The van der Waals surface area contributed by atoms with Gasteiger partial charge in [0.1, 0.15) is 10.8 Å². The second-order valence-electron chi connectivity index (χ2n) is 3.27. The first-order chi connectivity index (χ1) is 8.15. The Bertz CT molecular complexity index is 542. The molecule has 0 fully saturated rings. The molecule has 6 heteroatoms. The summed E-state index contributed by atoms with van der Waals surface area (Å²) in [6.07, 6.45) is 0. The molecule has 0 aliphatic carbocycles. The van der Waals surface area contributed by atoms with Crippen LogP contribution < -0.4 is 4.74 Å². The third-order valence-electron chi connectivity index (χ3n) is 2.19. The molecule has 3 nitrogen and oxygen atoms in total. The summed E-state index contributed by atoms with van der Waals surface area (Å²) in [6, 6.07) is 2.01. The molecular formula is C11H9F2NO2S. The van der Waals surface area contributed by atoms with Gasteiger partial charge in [-0.2, -0.15) is 0 Å². The Balaban J connectivity index is 2.48. The highest BCUT2D eigenvalue weighted by atomic mass is 32.1. The molecule has 1 N–H and O–H groups in total. The third kappa shape index (κ3) is 2.27. The lowest BCUT2D eigenvalue weighted by Gasteiger charge is -2.04. The van der Waals surface area contributed by atoms with Crippen LogP contribution in [-0.4, -0.2) is 17.2 Å². The Morgan fingerprint density at radius 2 is 2.12 bits per heavy atom. The van der Waals surface area contributed by atoms with Crippen molar-refractivity contribution >= 4 is 11.3 Å². The van der Waals surface area contributed by atoms with Crippen molar-refractivity contribution < 1.29 is 18.6 Å². The van der Waals surface area contributed by atoms with Crippen molar-refractivity contribution in [3.05, 3.63) is 34.8 Å². The summed E-state index contributed by atoms with van der Waals surface area (Å²) in [5, 5.41) is 10.8. The van der Waals surface area contributed by atoms with Crippen LogP contribution in [0.5, 0.6) is 5.75 Å². The number of benzene rings is 1. The first-order valence-corrected chi connectivity index (χ1v) is 5.62. The van der Waals surface area contributed by atoms with E-state index in [-0.39, 0.29) is 17.9 Å². The highest BCUT2D eigenvalue weighted by Crippen LogP contribution is 2.30.